The average Bonchev–Trinajstić information content (AvgIpc) is 3.46. The summed E-state index contributed by atoms with van der Waals surface area (Å²) in [5.41, 5.74) is 4.94. The van der Waals surface area contributed by atoms with Gasteiger partial charge in [0.1, 0.15) is 16.8 Å². The molecule has 0 bridgehead atoms. The molecule has 0 radical (unpaired) electrons. The summed E-state index contributed by atoms with van der Waals surface area (Å²) in [5.74, 6) is 0.733. The van der Waals surface area contributed by atoms with E-state index in [1.165, 1.54) is 11.3 Å². The van der Waals surface area contributed by atoms with Crippen LogP contribution in [-0.4, -0.2) is 30.6 Å². The maximum absolute atomic E-state index is 12.7. The molecule has 0 saturated heterocycles. The van der Waals surface area contributed by atoms with Crippen molar-refractivity contribution >= 4 is 50.7 Å². The maximum Gasteiger partial charge on any atom is 0.230 e. The van der Waals surface area contributed by atoms with Crippen molar-refractivity contribution in [2.24, 2.45) is 0 Å². The minimum Gasteiger partial charge on any atom is -0.494 e. The molecule has 5 aromatic rings. The van der Waals surface area contributed by atoms with Crippen molar-refractivity contribution in [3.63, 3.8) is 0 Å². The first-order valence-corrected chi connectivity index (χ1v) is 11.0. The summed E-state index contributed by atoms with van der Waals surface area (Å²) in [4.78, 5) is 18.2. The number of imidazole rings is 1. The van der Waals surface area contributed by atoms with Gasteiger partial charge in [-0.1, -0.05) is 6.07 Å². The molecule has 0 aliphatic heterocycles. The second kappa shape index (κ2) is 7.85. The Bertz CT molecular complexity index is 1340. The van der Waals surface area contributed by atoms with Crippen LogP contribution in [0.3, 0.4) is 0 Å². The van der Waals surface area contributed by atoms with E-state index in [0.717, 1.165) is 44.9 Å². The van der Waals surface area contributed by atoms with Gasteiger partial charge in [0.2, 0.25) is 5.91 Å². The quantitative estimate of drug-likeness (QED) is 0.420. The second-order valence-corrected chi connectivity index (χ2v) is 7.99. The van der Waals surface area contributed by atoms with Gasteiger partial charge in [0.25, 0.3) is 0 Å². The van der Waals surface area contributed by atoms with Crippen LogP contribution in [0.1, 0.15) is 12.6 Å². The van der Waals surface area contributed by atoms with Gasteiger partial charge in [-0.25, -0.2) is 4.98 Å². The number of nitrogens with one attached hydrogen (secondary N) is 1. The monoisotopic (exact) mass is 435 g/mol. The molecule has 0 spiro atoms. The van der Waals surface area contributed by atoms with Crippen molar-refractivity contribution in [2.45, 2.75) is 13.3 Å². The molecule has 0 saturated carbocycles. The van der Waals surface area contributed by atoms with E-state index < -0.39 is 0 Å². The second-order valence-electron chi connectivity index (χ2n) is 6.63. The number of benzene rings is 2. The van der Waals surface area contributed by atoms with Crippen molar-refractivity contribution in [2.75, 3.05) is 11.9 Å². The van der Waals surface area contributed by atoms with Gasteiger partial charge in [-0.15, -0.1) is 11.3 Å². The zero-order chi connectivity index (χ0) is 20.5. The van der Waals surface area contributed by atoms with E-state index in [1.54, 1.807) is 0 Å². The highest BCUT2D eigenvalue weighted by Gasteiger charge is 2.14. The topological polar surface area (TPSA) is 81.4 Å². The molecule has 1 amide bonds. The van der Waals surface area contributed by atoms with Crippen LogP contribution in [0.5, 0.6) is 5.75 Å². The van der Waals surface area contributed by atoms with Crippen LogP contribution >= 0.6 is 23.1 Å². The minimum atomic E-state index is -0.105. The summed E-state index contributed by atoms with van der Waals surface area (Å²) in [6.07, 6.45) is 2.21. The lowest BCUT2D eigenvalue weighted by atomic mass is 10.1. The van der Waals surface area contributed by atoms with Gasteiger partial charge < -0.3 is 10.1 Å². The van der Waals surface area contributed by atoms with E-state index in [0.29, 0.717) is 17.8 Å². The molecule has 0 fully saturated rings. The van der Waals surface area contributed by atoms with Crippen LogP contribution < -0.4 is 10.1 Å². The van der Waals surface area contributed by atoms with Gasteiger partial charge in [0.15, 0.2) is 4.96 Å². The Morgan fingerprint density at radius 1 is 1.17 bits per heavy atom. The lowest BCUT2D eigenvalue weighted by Gasteiger charge is -2.05. The number of aromatic nitrogens is 4. The summed E-state index contributed by atoms with van der Waals surface area (Å²) in [5, 5.41) is 4.92. The number of carbonyl (C=O) groups is 1. The Morgan fingerprint density at radius 3 is 2.87 bits per heavy atom. The van der Waals surface area contributed by atoms with Crippen LogP contribution in [0, 0.1) is 0 Å². The molecular formula is C21H17N5O2S2. The smallest absolute Gasteiger partial charge is 0.230 e. The van der Waals surface area contributed by atoms with Gasteiger partial charge in [0, 0.05) is 22.8 Å². The first-order chi connectivity index (χ1) is 14.7. The van der Waals surface area contributed by atoms with E-state index in [9.17, 15) is 4.79 Å². The summed E-state index contributed by atoms with van der Waals surface area (Å²) >= 11 is 2.66. The summed E-state index contributed by atoms with van der Waals surface area (Å²) in [7, 11) is 0. The fourth-order valence-corrected chi connectivity index (χ4v) is 4.67. The average molecular weight is 436 g/mol. The molecule has 0 atom stereocenters. The molecule has 9 heteroatoms. The summed E-state index contributed by atoms with van der Waals surface area (Å²) in [6, 6.07) is 13.4. The van der Waals surface area contributed by atoms with Gasteiger partial charge in [-0.3, -0.25) is 9.20 Å². The van der Waals surface area contributed by atoms with E-state index in [4.69, 9.17) is 9.72 Å². The number of hydrogen-bond donors (Lipinski definition) is 1. The van der Waals surface area contributed by atoms with Gasteiger partial charge in [0.05, 0.1) is 36.1 Å². The number of rotatable bonds is 6. The lowest BCUT2D eigenvalue weighted by Crippen LogP contribution is -2.15. The minimum absolute atomic E-state index is 0.105. The Kier molecular flexibility index (Phi) is 4.89. The fourth-order valence-electron chi connectivity index (χ4n) is 3.25. The predicted octanol–water partition coefficient (Wildman–Crippen LogP) is 4.65. The summed E-state index contributed by atoms with van der Waals surface area (Å²) < 4.78 is 15.9. The molecule has 2 aromatic carbocycles. The van der Waals surface area contributed by atoms with Crippen LogP contribution in [-0.2, 0) is 11.2 Å². The van der Waals surface area contributed by atoms with Gasteiger partial charge in [-0.2, -0.15) is 8.75 Å². The number of hydrogen-bond acceptors (Lipinski definition) is 7. The van der Waals surface area contributed by atoms with E-state index in [-0.39, 0.29) is 12.3 Å². The first-order valence-electron chi connectivity index (χ1n) is 9.41. The standard InChI is InChI=1S/C21H17N5O2S2/c1-2-28-15-8-6-13(7-9-15)18-11-26-14(12-29-21(26)23-18)10-19(27)22-16-4-3-5-17-20(16)25-30-24-17/h3-9,11-12H,2,10H2,1H3,(H,22,27). The Labute approximate surface area is 180 Å². The molecule has 3 aromatic heterocycles. The zero-order valence-electron chi connectivity index (χ0n) is 16.0. The third-order valence-electron chi connectivity index (χ3n) is 4.65. The van der Waals surface area contributed by atoms with Crippen molar-refractivity contribution in [3.05, 3.63) is 59.7 Å². The molecule has 7 nitrogen and oxygen atoms in total. The number of carbonyl (C=O) groups excluding carboxylic acids is 1. The number of thiazole rings is 1. The van der Waals surface area contributed by atoms with Crippen LogP contribution in [0.4, 0.5) is 5.69 Å². The third-order valence-corrected chi connectivity index (χ3v) is 6.08. The van der Waals surface area contributed by atoms with E-state index in [1.807, 2.05) is 65.4 Å². The zero-order valence-corrected chi connectivity index (χ0v) is 17.7. The highest BCUT2D eigenvalue weighted by atomic mass is 32.1. The molecule has 150 valence electrons. The van der Waals surface area contributed by atoms with Crippen molar-refractivity contribution in [3.8, 4) is 17.0 Å². The fraction of sp³-hybridized carbons (Fsp3) is 0.143. The first kappa shape index (κ1) is 18.7. The molecule has 3 heterocycles. The normalized spacial score (nSPS) is 11.2. The van der Waals surface area contributed by atoms with Crippen molar-refractivity contribution in [1.82, 2.24) is 18.1 Å². The SMILES string of the molecule is CCOc1ccc(-c2cn3c(CC(=O)Nc4cccc5nsnc45)csc3n2)cc1. The van der Waals surface area contributed by atoms with Crippen LogP contribution in [0.15, 0.2) is 54.0 Å². The van der Waals surface area contributed by atoms with Crippen LogP contribution in [0.25, 0.3) is 27.3 Å². The number of nitrogens with zero attached hydrogens (tertiary/aromatic N) is 4. The molecular weight excluding hydrogens is 418 g/mol. The molecule has 5 rings (SSSR count). The molecule has 0 aliphatic rings. The number of fused-ring (bicyclic) bond motifs is 2. The Hall–Kier alpha value is -3.30. The largest absolute Gasteiger partial charge is 0.494 e. The Balaban J connectivity index is 1.36. The number of ether oxygens (including phenoxy) is 1. The van der Waals surface area contributed by atoms with Crippen molar-refractivity contribution < 1.29 is 9.53 Å². The van der Waals surface area contributed by atoms with E-state index >= 15 is 0 Å². The molecule has 1 N–H and O–H groups in total. The number of amides is 1. The lowest BCUT2D eigenvalue weighted by molar-refractivity contribution is -0.115. The number of anilines is 1. The highest BCUT2D eigenvalue weighted by Crippen LogP contribution is 2.26. The van der Waals surface area contributed by atoms with E-state index in [2.05, 4.69) is 14.1 Å². The highest BCUT2D eigenvalue weighted by molar-refractivity contribution is 7.15. The summed E-state index contributed by atoms with van der Waals surface area (Å²) in [6.45, 7) is 2.60. The van der Waals surface area contributed by atoms with Gasteiger partial charge >= 0.3 is 0 Å². The third kappa shape index (κ3) is 3.53. The van der Waals surface area contributed by atoms with Crippen molar-refractivity contribution in [1.29, 1.82) is 0 Å². The molecule has 0 unspecified atom stereocenters. The van der Waals surface area contributed by atoms with Crippen LogP contribution in [0.2, 0.25) is 0 Å². The Morgan fingerprint density at radius 2 is 2.03 bits per heavy atom. The maximum atomic E-state index is 12.7. The molecule has 0 aliphatic carbocycles. The predicted molar refractivity (Wildman–Crippen MR) is 119 cm³/mol. The van der Waals surface area contributed by atoms with Gasteiger partial charge in [-0.05, 0) is 43.3 Å². The molecule has 30 heavy (non-hydrogen) atoms.